The average molecular weight is 425 g/mol. The minimum atomic E-state index is -3.12. The maximum atomic E-state index is 11.4. The molecule has 0 aromatic heterocycles. The SMILES string of the molecule is CN(C)C(=NCCc1ccc(S(C)(=O)=O)cc1)N(C)C.I. The van der Waals surface area contributed by atoms with Gasteiger partial charge in [0.05, 0.1) is 4.90 Å². The van der Waals surface area contributed by atoms with Gasteiger partial charge in [0.2, 0.25) is 0 Å². The van der Waals surface area contributed by atoms with Crippen LogP contribution in [0.3, 0.4) is 0 Å². The first-order valence-corrected chi connectivity index (χ1v) is 8.29. The number of rotatable bonds is 4. The minimum Gasteiger partial charge on any atom is -0.349 e. The van der Waals surface area contributed by atoms with E-state index in [2.05, 4.69) is 4.99 Å². The molecule has 5 nitrogen and oxygen atoms in total. The van der Waals surface area contributed by atoms with Crippen LogP contribution in [0.1, 0.15) is 5.56 Å². The number of halogens is 1. The van der Waals surface area contributed by atoms with Crippen LogP contribution in [0, 0.1) is 0 Å². The third kappa shape index (κ3) is 6.64. The molecule has 0 spiro atoms. The molecule has 7 heteroatoms. The molecule has 1 rings (SSSR count). The first-order chi connectivity index (χ1) is 9.21. The van der Waals surface area contributed by atoms with Gasteiger partial charge in [0.1, 0.15) is 0 Å². The van der Waals surface area contributed by atoms with Crippen molar-refractivity contribution in [1.29, 1.82) is 0 Å². The fourth-order valence-corrected chi connectivity index (χ4v) is 2.50. The lowest BCUT2D eigenvalue weighted by molar-refractivity contribution is 0.479. The molecule has 0 aliphatic rings. The molecule has 0 saturated heterocycles. The lowest BCUT2D eigenvalue weighted by Crippen LogP contribution is -2.35. The molecule has 0 N–H and O–H groups in total. The second-order valence-electron chi connectivity index (χ2n) is 5.14. The van der Waals surface area contributed by atoms with Crippen molar-refractivity contribution in [2.45, 2.75) is 11.3 Å². The van der Waals surface area contributed by atoms with E-state index < -0.39 is 9.84 Å². The zero-order valence-corrected chi connectivity index (χ0v) is 16.3. The maximum absolute atomic E-state index is 11.4. The second-order valence-corrected chi connectivity index (χ2v) is 7.15. The van der Waals surface area contributed by atoms with Crippen LogP contribution in [0.25, 0.3) is 0 Å². The number of sulfone groups is 1. The third-order valence-corrected chi connectivity index (χ3v) is 3.93. The third-order valence-electron chi connectivity index (χ3n) is 2.81. The molecule has 0 heterocycles. The van der Waals surface area contributed by atoms with Crippen molar-refractivity contribution in [3.05, 3.63) is 29.8 Å². The molecule has 21 heavy (non-hydrogen) atoms. The molecule has 1 aromatic carbocycles. The summed E-state index contributed by atoms with van der Waals surface area (Å²) in [4.78, 5) is 8.82. The summed E-state index contributed by atoms with van der Waals surface area (Å²) < 4.78 is 22.7. The van der Waals surface area contributed by atoms with Gasteiger partial charge in [-0.1, -0.05) is 12.1 Å². The fraction of sp³-hybridized carbons (Fsp3) is 0.500. The summed E-state index contributed by atoms with van der Waals surface area (Å²) in [6.45, 7) is 0.671. The first kappa shape index (κ1) is 20.2. The highest BCUT2D eigenvalue weighted by Gasteiger charge is 2.06. The van der Waals surface area contributed by atoms with E-state index >= 15 is 0 Å². The average Bonchev–Trinajstić information content (AvgIpc) is 2.33. The van der Waals surface area contributed by atoms with Crippen LogP contribution < -0.4 is 0 Å². The molecule has 0 aliphatic carbocycles. The largest absolute Gasteiger partial charge is 0.349 e. The van der Waals surface area contributed by atoms with Crippen molar-refractivity contribution < 1.29 is 8.42 Å². The van der Waals surface area contributed by atoms with E-state index in [0.717, 1.165) is 17.9 Å². The van der Waals surface area contributed by atoms with Crippen LogP contribution in [0.4, 0.5) is 0 Å². The van der Waals surface area contributed by atoms with Gasteiger partial charge in [-0.25, -0.2) is 8.42 Å². The molecule has 0 bridgehead atoms. The normalized spacial score (nSPS) is 10.5. The fourth-order valence-electron chi connectivity index (χ4n) is 1.87. The Bertz CT molecular complexity index is 556. The van der Waals surface area contributed by atoms with Crippen LogP contribution in [-0.4, -0.2) is 65.2 Å². The van der Waals surface area contributed by atoms with Crippen molar-refractivity contribution in [3.8, 4) is 0 Å². The van der Waals surface area contributed by atoms with Crippen molar-refractivity contribution in [2.24, 2.45) is 4.99 Å². The molecular formula is C14H24IN3O2S. The Kier molecular flexibility index (Phi) is 8.23. The van der Waals surface area contributed by atoms with Gasteiger partial charge in [-0.05, 0) is 24.1 Å². The smallest absolute Gasteiger partial charge is 0.195 e. The highest BCUT2D eigenvalue weighted by Crippen LogP contribution is 2.10. The predicted molar refractivity (Wildman–Crippen MR) is 98.3 cm³/mol. The van der Waals surface area contributed by atoms with Crippen LogP contribution in [0.2, 0.25) is 0 Å². The Morgan fingerprint density at radius 2 is 1.52 bits per heavy atom. The zero-order chi connectivity index (χ0) is 15.3. The number of nitrogens with zero attached hydrogens (tertiary/aromatic N) is 3. The molecule has 1 aromatic rings. The molecule has 0 aliphatic heterocycles. The van der Waals surface area contributed by atoms with E-state index in [-0.39, 0.29) is 24.0 Å². The van der Waals surface area contributed by atoms with Gasteiger partial charge in [0.25, 0.3) is 0 Å². The van der Waals surface area contributed by atoms with Crippen molar-refractivity contribution >= 4 is 39.8 Å². The Morgan fingerprint density at radius 3 is 1.90 bits per heavy atom. The van der Waals surface area contributed by atoms with Crippen molar-refractivity contribution in [1.82, 2.24) is 9.80 Å². The molecule has 120 valence electrons. The molecule has 0 unspecified atom stereocenters. The number of guanidine groups is 1. The van der Waals surface area contributed by atoms with E-state index in [4.69, 9.17) is 0 Å². The number of aliphatic imine (C=N–C) groups is 1. The Balaban J connectivity index is 0.00000400. The Morgan fingerprint density at radius 1 is 1.05 bits per heavy atom. The quantitative estimate of drug-likeness (QED) is 0.419. The lowest BCUT2D eigenvalue weighted by atomic mass is 10.1. The maximum Gasteiger partial charge on any atom is 0.195 e. The van der Waals surface area contributed by atoms with E-state index in [9.17, 15) is 8.42 Å². The summed E-state index contributed by atoms with van der Waals surface area (Å²) in [5, 5.41) is 0. The van der Waals surface area contributed by atoms with Crippen LogP contribution in [0.5, 0.6) is 0 Å². The molecule has 0 amide bonds. The highest BCUT2D eigenvalue weighted by atomic mass is 127. The first-order valence-electron chi connectivity index (χ1n) is 6.40. The highest BCUT2D eigenvalue weighted by molar-refractivity contribution is 14.0. The summed E-state index contributed by atoms with van der Waals surface area (Å²) in [5.74, 6) is 0.915. The summed E-state index contributed by atoms with van der Waals surface area (Å²) >= 11 is 0. The predicted octanol–water partition coefficient (Wildman–Crippen LogP) is 1.73. The minimum absolute atomic E-state index is 0. The Hall–Kier alpha value is -0.830. The van der Waals surface area contributed by atoms with E-state index in [1.165, 1.54) is 6.26 Å². The van der Waals surface area contributed by atoms with Crippen LogP contribution in [0.15, 0.2) is 34.2 Å². The molecule has 0 saturated carbocycles. The monoisotopic (exact) mass is 425 g/mol. The molecule has 0 fully saturated rings. The molecule has 0 radical (unpaired) electrons. The van der Waals surface area contributed by atoms with Gasteiger partial charge >= 0.3 is 0 Å². The summed E-state index contributed by atoms with van der Waals surface area (Å²) in [5.41, 5.74) is 1.08. The van der Waals surface area contributed by atoms with Gasteiger partial charge in [0, 0.05) is 41.0 Å². The van der Waals surface area contributed by atoms with E-state index in [1.807, 2.05) is 50.1 Å². The number of benzene rings is 1. The van der Waals surface area contributed by atoms with Gasteiger partial charge in [-0.15, -0.1) is 24.0 Å². The molecular weight excluding hydrogens is 401 g/mol. The zero-order valence-electron chi connectivity index (χ0n) is 13.2. The van der Waals surface area contributed by atoms with Gasteiger partial charge < -0.3 is 9.80 Å². The van der Waals surface area contributed by atoms with Gasteiger partial charge in [0.15, 0.2) is 15.8 Å². The summed E-state index contributed by atoms with van der Waals surface area (Å²) in [7, 11) is 4.72. The second kappa shape index (κ2) is 8.57. The van der Waals surface area contributed by atoms with E-state index in [0.29, 0.717) is 11.4 Å². The number of hydrogen-bond donors (Lipinski definition) is 0. The standard InChI is InChI=1S/C14H23N3O2S.HI/c1-16(2)14(17(3)4)15-11-10-12-6-8-13(9-7-12)20(5,18)19;/h6-9H,10-11H2,1-5H3;1H. The Labute approximate surface area is 145 Å². The molecule has 0 atom stereocenters. The lowest BCUT2D eigenvalue weighted by Gasteiger charge is -2.22. The topological polar surface area (TPSA) is 53.0 Å². The van der Waals surface area contributed by atoms with Crippen LogP contribution in [-0.2, 0) is 16.3 Å². The number of hydrogen-bond acceptors (Lipinski definition) is 3. The van der Waals surface area contributed by atoms with Crippen molar-refractivity contribution in [3.63, 3.8) is 0 Å². The van der Waals surface area contributed by atoms with Crippen molar-refractivity contribution in [2.75, 3.05) is 41.0 Å². The van der Waals surface area contributed by atoms with E-state index in [1.54, 1.807) is 12.1 Å². The summed E-state index contributed by atoms with van der Waals surface area (Å²) in [6, 6.07) is 6.98. The van der Waals surface area contributed by atoms with Gasteiger partial charge in [-0.2, -0.15) is 0 Å². The van der Waals surface area contributed by atoms with Crippen LogP contribution >= 0.6 is 24.0 Å². The summed E-state index contributed by atoms with van der Waals surface area (Å²) in [6.07, 6.45) is 2.00. The van der Waals surface area contributed by atoms with Gasteiger partial charge in [-0.3, -0.25) is 4.99 Å².